The lowest BCUT2D eigenvalue weighted by Crippen LogP contribution is -2.35. The van der Waals surface area contributed by atoms with Gasteiger partial charge in [-0.1, -0.05) is 0 Å². The molecule has 0 bridgehead atoms. The van der Waals surface area contributed by atoms with E-state index in [1.165, 1.54) is 31.4 Å². The Bertz CT molecular complexity index is 862. The van der Waals surface area contributed by atoms with Gasteiger partial charge in [0.05, 0.1) is 0 Å². The van der Waals surface area contributed by atoms with Crippen LogP contribution in [0.3, 0.4) is 0 Å². The van der Waals surface area contributed by atoms with Crippen molar-refractivity contribution < 1.29 is 23.0 Å². The van der Waals surface area contributed by atoms with Gasteiger partial charge in [0.15, 0.2) is 11.5 Å². The molecule has 1 aliphatic rings. The first-order valence-electron chi connectivity index (χ1n) is 7.38. The van der Waals surface area contributed by atoms with Gasteiger partial charge in [-0.25, -0.2) is 4.79 Å². The molecule has 0 atom stereocenters. The van der Waals surface area contributed by atoms with Crippen molar-refractivity contribution in [3.8, 4) is 11.5 Å². The number of hydrogen-bond donors (Lipinski definition) is 2. The molecule has 0 saturated heterocycles. The maximum absolute atomic E-state index is 13.0. The summed E-state index contributed by atoms with van der Waals surface area (Å²) in [5.41, 5.74) is -0.736. The largest absolute Gasteiger partial charge is 0.586 e. The Balaban J connectivity index is 1.78. The molecule has 0 aliphatic carbocycles. The number of aromatic amines is 1. The molecule has 0 radical (unpaired) electrons. The molecular formula is C15H15F2N3O5. The molecule has 0 amide bonds. The quantitative estimate of drug-likeness (QED) is 0.765. The Morgan fingerprint density at radius 2 is 2.00 bits per heavy atom. The molecule has 0 spiro atoms. The summed E-state index contributed by atoms with van der Waals surface area (Å²) in [7, 11) is 1.53. The number of nitrogens with zero attached hydrogens (tertiary/aromatic N) is 1. The van der Waals surface area contributed by atoms with E-state index in [1.54, 1.807) is 0 Å². The Labute approximate surface area is 140 Å². The van der Waals surface area contributed by atoms with Crippen LogP contribution >= 0.6 is 0 Å². The monoisotopic (exact) mass is 355 g/mol. The van der Waals surface area contributed by atoms with E-state index in [-0.39, 0.29) is 23.9 Å². The van der Waals surface area contributed by atoms with Crippen molar-refractivity contribution in [1.29, 1.82) is 0 Å². The minimum Gasteiger partial charge on any atom is -0.395 e. The number of anilines is 2. The van der Waals surface area contributed by atoms with Gasteiger partial charge in [0.2, 0.25) is 0 Å². The first kappa shape index (κ1) is 17.0. The number of aromatic nitrogens is 2. The summed E-state index contributed by atoms with van der Waals surface area (Å²) in [6.45, 7) is 0.648. The Kier molecular flexibility index (Phi) is 4.45. The van der Waals surface area contributed by atoms with Gasteiger partial charge in [-0.15, -0.1) is 8.78 Å². The van der Waals surface area contributed by atoms with Crippen molar-refractivity contribution >= 4 is 11.5 Å². The Morgan fingerprint density at radius 1 is 1.24 bits per heavy atom. The molecule has 0 unspecified atom stereocenters. The average Bonchev–Trinajstić information content (AvgIpc) is 2.83. The van der Waals surface area contributed by atoms with E-state index in [4.69, 9.17) is 4.74 Å². The van der Waals surface area contributed by atoms with Crippen LogP contribution in [0.1, 0.15) is 6.42 Å². The van der Waals surface area contributed by atoms with Gasteiger partial charge in [-0.05, 0) is 18.6 Å². The van der Waals surface area contributed by atoms with E-state index < -0.39 is 17.5 Å². The zero-order chi connectivity index (χ0) is 18.0. The van der Waals surface area contributed by atoms with Gasteiger partial charge in [0.25, 0.3) is 5.56 Å². The fourth-order valence-corrected chi connectivity index (χ4v) is 2.35. The number of benzene rings is 1. The SMILES string of the molecule is COCCCn1c(=O)cc(Nc2ccc3c(c2)OC(F)(F)O3)[nH]c1=O. The van der Waals surface area contributed by atoms with Crippen LogP contribution in [0.15, 0.2) is 33.9 Å². The molecule has 2 aromatic rings. The van der Waals surface area contributed by atoms with Crippen LogP contribution in [0.25, 0.3) is 0 Å². The highest BCUT2D eigenvalue weighted by Crippen LogP contribution is 2.42. The second kappa shape index (κ2) is 6.55. The van der Waals surface area contributed by atoms with Crippen molar-refractivity contribution in [2.24, 2.45) is 0 Å². The second-order valence-electron chi connectivity index (χ2n) is 5.28. The number of methoxy groups -OCH3 is 1. The third-order valence-electron chi connectivity index (χ3n) is 3.43. The summed E-state index contributed by atoms with van der Waals surface area (Å²) in [5.74, 6) is -0.119. The molecular weight excluding hydrogens is 340 g/mol. The first-order chi connectivity index (χ1) is 11.9. The Morgan fingerprint density at radius 3 is 2.72 bits per heavy atom. The summed E-state index contributed by atoms with van der Waals surface area (Å²) < 4.78 is 40.6. The minimum absolute atomic E-state index is 0.0994. The molecule has 10 heteroatoms. The molecule has 1 aromatic carbocycles. The van der Waals surface area contributed by atoms with Crippen LogP contribution in [-0.4, -0.2) is 29.6 Å². The van der Waals surface area contributed by atoms with Gasteiger partial charge in [0, 0.05) is 38.1 Å². The van der Waals surface area contributed by atoms with Crippen molar-refractivity contribution in [2.75, 3.05) is 19.0 Å². The standard InChI is InChI=1S/C15H15F2N3O5/c1-23-6-2-5-20-13(21)8-12(19-14(20)22)18-9-3-4-10-11(7-9)25-15(16,17)24-10/h3-4,7-8,18H,2,5-6H2,1H3,(H,19,22). The number of fused-ring (bicyclic) bond motifs is 1. The van der Waals surface area contributed by atoms with Crippen LogP contribution in [0, 0.1) is 0 Å². The Hall–Kier alpha value is -2.88. The molecule has 0 saturated carbocycles. The number of nitrogens with one attached hydrogen (secondary N) is 2. The third-order valence-corrected chi connectivity index (χ3v) is 3.43. The van der Waals surface area contributed by atoms with Crippen LogP contribution in [0.2, 0.25) is 0 Å². The molecule has 1 aliphatic heterocycles. The number of H-pyrrole nitrogens is 1. The van der Waals surface area contributed by atoms with E-state index in [1.807, 2.05) is 0 Å². The normalized spacial score (nSPS) is 14.5. The number of alkyl halides is 2. The van der Waals surface area contributed by atoms with Gasteiger partial charge < -0.3 is 19.5 Å². The first-order valence-corrected chi connectivity index (χ1v) is 7.38. The lowest BCUT2D eigenvalue weighted by molar-refractivity contribution is -0.286. The lowest BCUT2D eigenvalue weighted by atomic mass is 10.3. The maximum atomic E-state index is 13.0. The van der Waals surface area contributed by atoms with E-state index in [9.17, 15) is 18.4 Å². The average molecular weight is 355 g/mol. The summed E-state index contributed by atoms with van der Waals surface area (Å²) in [5, 5.41) is 2.76. The fraction of sp³-hybridized carbons (Fsp3) is 0.333. The second-order valence-corrected chi connectivity index (χ2v) is 5.28. The van der Waals surface area contributed by atoms with Gasteiger partial charge in [0.1, 0.15) is 5.82 Å². The van der Waals surface area contributed by atoms with Crippen molar-refractivity contribution in [3.63, 3.8) is 0 Å². The zero-order valence-electron chi connectivity index (χ0n) is 13.2. The van der Waals surface area contributed by atoms with E-state index in [0.29, 0.717) is 18.7 Å². The number of hydrogen-bond acceptors (Lipinski definition) is 6. The number of halogens is 2. The van der Waals surface area contributed by atoms with Gasteiger partial charge >= 0.3 is 12.0 Å². The molecule has 2 heterocycles. The predicted molar refractivity (Wildman–Crippen MR) is 83.7 cm³/mol. The number of rotatable bonds is 6. The highest BCUT2D eigenvalue weighted by atomic mass is 19.3. The molecule has 2 N–H and O–H groups in total. The van der Waals surface area contributed by atoms with Crippen molar-refractivity contribution in [2.45, 2.75) is 19.3 Å². The predicted octanol–water partition coefficient (Wildman–Crippen LogP) is 1.64. The molecule has 1 aromatic heterocycles. The molecule has 0 fully saturated rings. The number of ether oxygens (including phenoxy) is 3. The summed E-state index contributed by atoms with van der Waals surface area (Å²) in [4.78, 5) is 26.5. The smallest absolute Gasteiger partial charge is 0.395 e. The molecule has 3 rings (SSSR count). The van der Waals surface area contributed by atoms with Crippen molar-refractivity contribution in [3.05, 3.63) is 45.1 Å². The fourth-order valence-electron chi connectivity index (χ4n) is 2.35. The maximum Gasteiger partial charge on any atom is 0.586 e. The van der Waals surface area contributed by atoms with Crippen LogP contribution in [0.4, 0.5) is 20.3 Å². The van der Waals surface area contributed by atoms with Crippen LogP contribution < -0.4 is 26.0 Å². The lowest BCUT2D eigenvalue weighted by Gasteiger charge is -2.09. The highest BCUT2D eigenvalue weighted by Gasteiger charge is 2.43. The van der Waals surface area contributed by atoms with Crippen LogP contribution in [0.5, 0.6) is 11.5 Å². The molecule has 134 valence electrons. The van der Waals surface area contributed by atoms with Crippen LogP contribution in [-0.2, 0) is 11.3 Å². The van der Waals surface area contributed by atoms with Gasteiger partial charge in [-0.3, -0.25) is 14.3 Å². The summed E-state index contributed by atoms with van der Waals surface area (Å²) >= 11 is 0. The summed E-state index contributed by atoms with van der Waals surface area (Å²) in [6, 6.07) is 5.22. The third kappa shape index (κ3) is 3.79. The highest BCUT2D eigenvalue weighted by molar-refractivity contribution is 5.61. The summed E-state index contributed by atoms with van der Waals surface area (Å²) in [6.07, 6.45) is -3.19. The minimum atomic E-state index is -3.71. The molecule has 8 nitrogen and oxygen atoms in total. The zero-order valence-corrected chi connectivity index (χ0v) is 13.2. The van der Waals surface area contributed by atoms with Gasteiger partial charge in [-0.2, -0.15) is 0 Å². The topological polar surface area (TPSA) is 94.6 Å². The van der Waals surface area contributed by atoms with Crippen molar-refractivity contribution in [1.82, 2.24) is 9.55 Å². The van der Waals surface area contributed by atoms with E-state index in [0.717, 1.165) is 4.57 Å². The van der Waals surface area contributed by atoms with E-state index in [2.05, 4.69) is 19.8 Å². The molecule has 25 heavy (non-hydrogen) atoms. The van der Waals surface area contributed by atoms with E-state index >= 15 is 0 Å².